The Morgan fingerprint density at radius 1 is 1.57 bits per heavy atom. The van der Waals surface area contributed by atoms with E-state index in [0.29, 0.717) is 0 Å². The normalized spacial score (nSPS) is 22.7. The quantitative estimate of drug-likeness (QED) is 0.738. The molecular weight excluding hydrogens is 180 g/mol. The predicted molar refractivity (Wildman–Crippen MR) is 55.0 cm³/mol. The van der Waals surface area contributed by atoms with Crippen molar-refractivity contribution in [2.24, 2.45) is 0 Å². The summed E-state index contributed by atoms with van der Waals surface area (Å²) in [5.41, 5.74) is 0. The number of methoxy groups -OCH3 is 1. The largest absolute Gasteiger partial charge is 0.453 e. The zero-order valence-electron chi connectivity index (χ0n) is 9.17. The van der Waals surface area contributed by atoms with Crippen LogP contribution in [0.4, 0.5) is 4.79 Å². The van der Waals surface area contributed by atoms with E-state index >= 15 is 0 Å². The van der Waals surface area contributed by atoms with Gasteiger partial charge in [-0.2, -0.15) is 0 Å². The van der Waals surface area contributed by atoms with E-state index in [4.69, 9.17) is 0 Å². The van der Waals surface area contributed by atoms with E-state index in [1.807, 2.05) is 0 Å². The summed E-state index contributed by atoms with van der Waals surface area (Å²) in [5, 5.41) is 2.82. The SMILES string of the molecule is COC(=O)N[C@H]1CCN(C[C](C)C)C1. The molecule has 14 heavy (non-hydrogen) atoms. The van der Waals surface area contributed by atoms with Crippen LogP contribution in [0.15, 0.2) is 0 Å². The number of likely N-dealkylation sites (tertiary alicyclic amines) is 1. The Labute approximate surface area is 85.6 Å². The smallest absolute Gasteiger partial charge is 0.407 e. The number of carbonyl (C=O) groups is 1. The molecule has 81 valence electrons. The molecule has 1 radical (unpaired) electrons. The highest BCUT2D eigenvalue weighted by Gasteiger charge is 2.24. The molecule has 1 rings (SSSR count). The monoisotopic (exact) mass is 199 g/mol. The van der Waals surface area contributed by atoms with Crippen LogP contribution in [0.5, 0.6) is 0 Å². The molecule has 1 heterocycles. The Balaban J connectivity index is 2.23. The van der Waals surface area contributed by atoms with Crippen molar-refractivity contribution < 1.29 is 9.53 Å². The Kier molecular flexibility index (Phi) is 4.20. The van der Waals surface area contributed by atoms with Crippen LogP contribution < -0.4 is 5.32 Å². The second kappa shape index (κ2) is 5.20. The zero-order valence-corrected chi connectivity index (χ0v) is 9.17. The van der Waals surface area contributed by atoms with Gasteiger partial charge in [0.15, 0.2) is 0 Å². The molecule has 0 aromatic heterocycles. The average molecular weight is 199 g/mol. The lowest BCUT2D eigenvalue weighted by Gasteiger charge is -2.17. The van der Waals surface area contributed by atoms with Gasteiger partial charge in [-0.05, 0) is 12.3 Å². The molecule has 0 spiro atoms. The minimum absolute atomic E-state index is 0.252. The lowest BCUT2D eigenvalue weighted by atomic mass is 10.2. The number of amides is 1. The molecule has 1 saturated heterocycles. The molecule has 1 atom stereocenters. The minimum Gasteiger partial charge on any atom is -0.453 e. The molecule has 1 fully saturated rings. The van der Waals surface area contributed by atoms with Crippen molar-refractivity contribution in [2.45, 2.75) is 26.3 Å². The molecule has 0 saturated carbocycles. The molecule has 1 aliphatic heterocycles. The Hall–Kier alpha value is -0.770. The maximum Gasteiger partial charge on any atom is 0.407 e. The first-order valence-corrected chi connectivity index (χ1v) is 4.97. The van der Waals surface area contributed by atoms with Crippen molar-refractivity contribution in [1.29, 1.82) is 0 Å². The van der Waals surface area contributed by atoms with Gasteiger partial charge in [0.2, 0.25) is 0 Å². The molecule has 1 aliphatic rings. The van der Waals surface area contributed by atoms with Crippen molar-refractivity contribution in [3.05, 3.63) is 5.92 Å². The summed E-state index contributed by atoms with van der Waals surface area (Å²) in [5.74, 6) is 1.41. The standard InChI is InChI=1S/C10H19N2O2/c1-8(2)6-12-5-4-9(7-12)11-10(13)14-3/h9H,4-7H2,1-3H3,(H,11,13)/t9-/m0/s1. The molecule has 1 N–H and O–H groups in total. The van der Waals surface area contributed by atoms with Crippen molar-refractivity contribution in [3.63, 3.8) is 0 Å². The third-order valence-corrected chi connectivity index (χ3v) is 2.32. The number of alkyl carbamates (subject to hydrolysis) is 1. The van der Waals surface area contributed by atoms with Crippen molar-refractivity contribution in [2.75, 3.05) is 26.7 Å². The second-order valence-electron chi connectivity index (χ2n) is 4.06. The number of carbonyl (C=O) groups excluding carboxylic acids is 1. The molecule has 0 aromatic rings. The highest BCUT2D eigenvalue weighted by Crippen LogP contribution is 2.11. The molecule has 1 amide bonds. The Bertz CT molecular complexity index is 195. The molecule has 0 bridgehead atoms. The van der Waals surface area contributed by atoms with Gasteiger partial charge in [-0.25, -0.2) is 4.79 Å². The van der Waals surface area contributed by atoms with Crippen LogP contribution in [-0.2, 0) is 4.74 Å². The summed E-state index contributed by atoms with van der Waals surface area (Å²) < 4.78 is 4.55. The number of hydrogen-bond donors (Lipinski definition) is 1. The van der Waals surface area contributed by atoms with E-state index in [-0.39, 0.29) is 12.1 Å². The van der Waals surface area contributed by atoms with Crippen LogP contribution in [0.3, 0.4) is 0 Å². The van der Waals surface area contributed by atoms with E-state index in [0.717, 1.165) is 26.1 Å². The molecule has 4 nitrogen and oxygen atoms in total. The second-order valence-corrected chi connectivity index (χ2v) is 4.06. The summed E-state index contributed by atoms with van der Waals surface area (Å²) in [7, 11) is 1.39. The maximum absolute atomic E-state index is 10.9. The van der Waals surface area contributed by atoms with E-state index in [2.05, 4.69) is 28.8 Å². The lowest BCUT2D eigenvalue weighted by molar-refractivity contribution is 0.166. The molecule has 4 heteroatoms. The van der Waals surface area contributed by atoms with E-state index < -0.39 is 0 Å². The first-order valence-electron chi connectivity index (χ1n) is 4.97. The highest BCUT2D eigenvalue weighted by atomic mass is 16.5. The van der Waals surface area contributed by atoms with Crippen LogP contribution >= 0.6 is 0 Å². The number of nitrogens with one attached hydrogen (secondary N) is 1. The van der Waals surface area contributed by atoms with Crippen molar-refractivity contribution in [1.82, 2.24) is 10.2 Å². The minimum atomic E-state index is -0.325. The first kappa shape index (κ1) is 11.3. The zero-order chi connectivity index (χ0) is 10.6. The predicted octanol–water partition coefficient (Wildman–Crippen LogP) is 1.03. The summed E-state index contributed by atoms with van der Waals surface area (Å²) >= 11 is 0. The van der Waals surface area contributed by atoms with Crippen LogP contribution in [0, 0.1) is 5.92 Å². The fraction of sp³-hybridized carbons (Fsp3) is 0.800. The Morgan fingerprint density at radius 3 is 2.86 bits per heavy atom. The van der Waals surface area contributed by atoms with E-state index in [9.17, 15) is 4.79 Å². The van der Waals surface area contributed by atoms with Gasteiger partial charge in [0.05, 0.1) is 7.11 Å². The Morgan fingerprint density at radius 2 is 2.29 bits per heavy atom. The van der Waals surface area contributed by atoms with Gasteiger partial charge in [-0.3, -0.25) is 0 Å². The van der Waals surface area contributed by atoms with Gasteiger partial charge in [0.25, 0.3) is 0 Å². The van der Waals surface area contributed by atoms with Crippen LogP contribution in [0.1, 0.15) is 20.3 Å². The van der Waals surface area contributed by atoms with Crippen LogP contribution in [0.25, 0.3) is 0 Å². The van der Waals surface area contributed by atoms with E-state index in [1.165, 1.54) is 13.0 Å². The summed E-state index contributed by atoms with van der Waals surface area (Å²) in [6, 6.07) is 0.252. The summed E-state index contributed by atoms with van der Waals surface area (Å²) in [6.45, 7) is 7.27. The molecule has 0 aliphatic carbocycles. The van der Waals surface area contributed by atoms with Crippen LogP contribution in [0.2, 0.25) is 0 Å². The number of ether oxygens (including phenoxy) is 1. The highest BCUT2D eigenvalue weighted by molar-refractivity contribution is 5.67. The third kappa shape index (κ3) is 3.54. The number of rotatable bonds is 3. The van der Waals surface area contributed by atoms with Crippen LogP contribution in [-0.4, -0.2) is 43.8 Å². The average Bonchev–Trinajstić information content (AvgIpc) is 2.51. The fourth-order valence-corrected chi connectivity index (χ4v) is 1.77. The lowest BCUT2D eigenvalue weighted by Crippen LogP contribution is -2.37. The van der Waals surface area contributed by atoms with Crippen molar-refractivity contribution >= 4 is 6.09 Å². The topological polar surface area (TPSA) is 41.6 Å². The van der Waals surface area contributed by atoms with Gasteiger partial charge < -0.3 is 15.0 Å². The van der Waals surface area contributed by atoms with Gasteiger partial charge in [0, 0.05) is 25.7 Å². The third-order valence-electron chi connectivity index (χ3n) is 2.32. The maximum atomic E-state index is 10.9. The first-order chi connectivity index (χ1) is 6.61. The van der Waals surface area contributed by atoms with Gasteiger partial charge in [0.1, 0.15) is 0 Å². The molecule has 0 aromatic carbocycles. The van der Waals surface area contributed by atoms with E-state index in [1.54, 1.807) is 0 Å². The summed E-state index contributed by atoms with van der Waals surface area (Å²) in [4.78, 5) is 13.3. The molecular formula is C10H19N2O2. The van der Waals surface area contributed by atoms with Gasteiger partial charge >= 0.3 is 6.09 Å². The van der Waals surface area contributed by atoms with Crippen molar-refractivity contribution in [3.8, 4) is 0 Å². The summed E-state index contributed by atoms with van der Waals surface area (Å²) in [6.07, 6.45) is 0.691. The number of hydrogen-bond acceptors (Lipinski definition) is 3. The number of nitrogens with zero attached hydrogens (tertiary/aromatic N) is 1. The fourth-order valence-electron chi connectivity index (χ4n) is 1.77. The molecule has 0 unspecified atom stereocenters. The van der Waals surface area contributed by atoms with Gasteiger partial charge in [-0.15, -0.1) is 0 Å². The van der Waals surface area contributed by atoms with Gasteiger partial charge in [-0.1, -0.05) is 13.8 Å².